The quantitative estimate of drug-likeness (QED) is 0.836. The van der Waals surface area contributed by atoms with Crippen molar-refractivity contribution in [3.63, 3.8) is 0 Å². The van der Waals surface area contributed by atoms with E-state index in [2.05, 4.69) is 5.32 Å². The number of likely N-dealkylation sites (N-methyl/N-ethyl adjacent to an activating group) is 1. The van der Waals surface area contributed by atoms with Gasteiger partial charge in [-0.3, -0.25) is 14.9 Å². The summed E-state index contributed by atoms with van der Waals surface area (Å²) < 4.78 is 1.77. The second kappa shape index (κ2) is 5.94. The third-order valence-corrected chi connectivity index (χ3v) is 4.98. The van der Waals surface area contributed by atoms with E-state index >= 15 is 0 Å². The van der Waals surface area contributed by atoms with Crippen LogP contribution in [0.5, 0.6) is 0 Å². The Morgan fingerprint density at radius 1 is 1.48 bits per heavy atom. The van der Waals surface area contributed by atoms with Crippen LogP contribution < -0.4 is 10.9 Å². The molecule has 1 aromatic heterocycles. The Balaban J connectivity index is 1.97. The van der Waals surface area contributed by atoms with Crippen LogP contribution in [0, 0.1) is 11.8 Å². The molecule has 1 aromatic rings. The van der Waals surface area contributed by atoms with Crippen molar-refractivity contribution in [3.8, 4) is 0 Å². The van der Waals surface area contributed by atoms with E-state index < -0.39 is 6.04 Å². The molecule has 2 aliphatic heterocycles. The molecule has 0 spiro atoms. The van der Waals surface area contributed by atoms with Crippen LogP contribution in [0.3, 0.4) is 0 Å². The van der Waals surface area contributed by atoms with Gasteiger partial charge < -0.3 is 14.6 Å². The van der Waals surface area contributed by atoms with Gasteiger partial charge in [-0.1, -0.05) is 12.2 Å². The lowest BCUT2D eigenvalue weighted by Crippen LogP contribution is -2.45. The maximum Gasteiger partial charge on any atom is 0.258 e. The van der Waals surface area contributed by atoms with Crippen LogP contribution in [0.15, 0.2) is 23.0 Å². The number of aliphatic hydroxyl groups excluding tert-OH is 1. The Kier molecular flexibility index (Phi) is 4.12. The van der Waals surface area contributed by atoms with Crippen molar-refractivity contribution in [1.29, 1.82) is 0 Å². The summed E-state index contributed by atoms with van der Waals surface area (Å²) in [5, 5.41) is 13.1. The Labute approximate surface area is 135 Å². The molecular formula is C17H23N3O3. The molecule has 6 nitrogen and oxygen atoms in total. The van der Waals surface area contributed by atoms with Gasteiger partial charge in [0.15, 0.2) is 0 Å². The molecule has 4 atom stereocenters. The van der Waals surface area contributed by atoms with Gasteiger partial charge in [0.05, 0.1) is 12.1 Å². The zero-order chi connectivity index (χ0) is 16.7. The minimum atomic E-state index is -0.399. The number of fused-ring (bicyclic) bond motifs is 3. The number of nitrogens with zero attached hydrogens (tertiary/aromatic N) is 2. The van der Waals surface area contributed by atoms with Crippen molar-refractivity contribution < 1.29 is 9.90 Å². The molecule has 0 unspecified atom stereocenters. The van der Waals surface area contributed by atoms with E-state index in [1.54, 1.807) is 29.6 Å². The van der Waals surface area contributed by atoms with Crippen LogP contribution in [0.1, 0.15) is 24.2 Å². The molecule has 6 heteroatoms. The van der Waals surface area contributed by atoms with E-state index in [0.717, 1.165) is 5.69 Å². The topological polar surface area (TPSA) is 74.6 Å². The van der Waals surface area contributed by atoms with E-state index in [-0.39, 0.29) is 36.0 Å². The average Bonchev–Trinajstić information content (AvgIpc) is 3.05. The minimum Gasteiger partial charge on any atom is -0.396 e. The van der Waals surface area contributed by atoms with Gasteiger partial charge in [0.2, 0.25) is 5.91 Å². The van der Waals surface area contributed by atoms with E-state index in [1.807, 2.05) is 25.1 Å². The largest absolute Gasteiger partial charge is 0.396 e. The van der Waals surface area contributed by atoms with Gasteiger partial charge in [0.25, 0.3) is 5.56 Å². The van der Waals surface area contributed by atoms with Gasteiger partial charge in [-0.15, -0.1) is 0 Å². The lowest BCUT2D eigenvalue weighted by atomic mass is 9.88. The summed E-state index contributed by atoms with van der Waals surface area (Å²) in [6.07, 6.45) is 3.65. The molecule has 1 fully saturated rings. The van der Waals surface area contributed by atoms with Gasteiger partial charge >= 0.3 is 0 Å². The lowest BCUT2D eigenvalue weighted by Gasteiger charge is -2.23. The number of hydrogen-bond donors (Lipinski definition) is 2. The zero-order valence-corrected chi connectivity index (χ0v) is 13.7. The van der Waals surface area contributed by atoms with E-state index in [0.29, 0.717) is 12.1 Å². The summed E-state index contributed by atoms with van der Waals surface area (Å²) in [5.74, 6) is -0.153. The molecule has 3 heterocycles. The Morgan fingerprint density at radius 3 is 2.83 bits per heavy atom. The molecule has 1 amide bonds. The van der Waals surface area contributed by atoms with Crippen molar-refractivity contribution in [1.82, 2.24) is 14.8 Å². The molecule has 2 N–H and O–H groups in total. The number of allylic oxidation sites excluding steroid dienone is 1. The zero-order valence-electron chi connectivity index (χ0n) is 13.7. The number of amides is 1. The third-order valence-electron chi connectivity index (χ3n) is 4.98. The number of hydrogen-bond acceptors (Lipinski definition) is 4. The maximum atomic E-state index is 12.5. The Morgan fingerprint density at radius 2 is 2.22 bits per heavy atom. The van der Waals surface area contributed by atoms with Gasteiger partial charge in [-0.25, -0.2) is 0 Å². The van der Waals surface area contributed by atoms with E-state index in [9.17, 15) is 14.7 Å². The predicted octanol–water partition coefficient (Wildman–Crippen LogP) is 0.221. The fraction of sp³-hybridized carbons (Fsp3) is 0.529. The molecule has 3 rings (SSSR count). The van der Waals surface area contributed by atoms with Crippen molar-refractivity contribution in [3.05, 3.63) is 39.8 Å². The number of aliphatic hydroxyl groups is 1. The smallest absolute Gasteiger partial charge is 0.258 e. The van der Waals surface area contributed by atoms with Gasteiger partial charge in [-0.2, -0.15) is 0 Å². The molecular weight excluding hydrogens is 294 g/mol. The van der Waals surface area contributed by atoms with Gasteiger partial charge in [0.1, 0.15) is 0 Å². The summed E-state index contributed by atoms with van der Waals surface area (Å²) in [4.78, 5) is 26.4. The van der Waals surface area contributed by atoms with Crippen LogP contribution in [-0.2, 0) is 11.3 Å². The summed E-state index contributed by atoms with van der Waals surface area (Å²) in [6, 6.07) is 3.32. The SMILES string of the molecule is C/C=C\c1ccc2n(c1=O)C[C@H]1[C@H](CO)[C@@H](C(=O)N(C)C)N[C@@H]21. The first-order chi connectivity index (χ1) is 11.0. The number of aromatic nitrogens is 1. The highest BCUT2D eigenvalue weighted by atomic mass is 16.3. The summed E-state index contributed by atoms with van der Waals surface area (Å²) >= 11 is 0. The third kappa shape index (κ3) is 2.42. The molecule has 0 aliphatic carbocycles. The highest BCUT2D eigenvalue weighted by Crippen LogP contribution is 2.42. The minimum absolute atomic E-state index is 0.0102. The second-order valence-electron chi connectivity index (χ2n) is 6.49. The number of carbonyl (C=O) groups excluding carboxylic acids is 1. The summed E-state index contributed by atoms with van der Waals surface area (Å²) in [5.41, 5.74) is 1.56. The number of pyridine rings is 1. The van der Waals surface area contributed by atoms with Crippen molar-refractivity contribution in [2.24, 2.45) is 11.8 Å². The van der Waals surface area contributed by atoms with Crippen LogP contribution >= 0.6 is 0 Å². The van der Waals surface area contributed by atoms with Crippen LogP contribution in [0.4, 0.5) is 0 Å². The van der Waals surface area contributed by atoms with Crippen LogP contribution in [-0.4, -0.2) is 47.2 Å². The first-order valence-corrected chi connectivity index (χ1v) is 7.94. The van der Waals surface area contributed by atoms with Gasteiger partial charge in [0, 0.05) is 50.3 Å². The molecule has 0 saturated carbocycles. The maximum absolute atomic E-state index is 12.5. The molecule has 2 aliphatic rings. The first kappa shape index (κ1) is 16.0. The standard InChI is InChI=1S/C17H23N3O3/c1-4-5-10-6-7-13-14-11(8-20(13)16(10)22)12(9-21)15(18-14)17(23)19(2)3/h4-7,11-12,14-15,18,21H,8-9H2,1-3H3/b5-4-/t11-,12-,14+,15-/m0/s1. The van der Waals surface area contributed by atoms with Gasteiger partial charge in [-0.05, 0) is 19.1 Å². The fourth-order valence-electron chi connectivity index (χ4n) is 3.84. The lowest BCUT2D eigenvalue weighted by molar-refractivity contribution is -0.132. The Bertz CT molecular complexity index is 708. The summed E-state index contributed by atoms with van der Waals surface area (Å²) in [6.45, 7) is 2.36. The average molecular weight is 317 g/mol. The molecule has 1 saturated heterocycles. The van der Waals surface area contributed by atoms with Crippen LogP contribution in [0.25, 0.3) is 6.08 Å². The predicted molar refractivity (Wildman–Crippen MR) is 87.8 cm³/mol. The fourth-order valence-corrected chi connectivity index (χ4v) is 3.84. The number of carbonyl (C=O) groups is 1. The van der Waals surface area contributed by atoms with E-state index in [1.165, 1.54) is 0 Å². The van der Waals surface area contributed by atoms with Crippen molar-refractivity contribution >= 4 is 12.0 Å². The highest BCUT2D eigenvalue weighted by molar-refractivity contribution is 5.82. The Hall–Kier alpha value is -1.92. The molecule has 0 aromatic carbocycles. The highest BCUT2D eigenvalue weighted by Gasteiger charge is 2.50. The monoisotopic (exact) mass is 317 g/mol. The number of nitrogens with one attached hydrogen (secondary N) is 1. The molecule has 124 valence electrons. The van der Waals surface area contributed by atoms with Crippen molar-refractivity contribution in [2.75, 3.05) is 20.7 Å². The molecule has 23 heavy (non-hydrogen) atoms. The molecule has 0 bridgehead atoms. The summed E-state index contributed by atoms with van der Waals surface area (Å²) in [7, 11) is 3.43. The second-order valence-corrected chi connectivity index (χ2v) is 6.49. The van der Waals surface area contributed by atoms with Crippen molar-refractivity contribution in [2.45, 2.75) is 25.6 Å². The van der Waals surface area contributed by atoms with Crippen LogP contribution in [0.2, 0.25) is 0 Å². The van der Waals surface area contributed by atoms with E-state index in [4.69, 9.17) is 0 Å². The first-order valence-electron chi connectivity index (χ1n) is 7.94. The normalized spacial score (nSPS) is 28.9. The number of rotatable bonds is 3. The molecule has 0 radical (unpaired) electrons.